The first-order valence-electron chi connectivity index (χ1n) is 6.09. The Morgan fingerprint density at radius 2 is 1.70 bits per heavy atom. The van der Waals surface area contributed by atoms with E-state index in [1.165, 1.54) is 7.11 Å². The third-order valence-corrected chi connectivity index (χ3v) is 3.72. The van der Waals surface area contributed by atoms with Crippen LogP contribution in [0.25, 0.3) is 0 Å². The number of benzene rings is 2. The molecule has 2 rings (SSSR count). The molecule has 0 spiro atoms. The highest BCUT2D eigenvalue weighted by Gasteiger charge is 2.17. The van der Waals surface area contributed by atoms with Crippen molar-refractivity contribution in [3.05, 3.63) is 62.6 Å². The van der Waals surface area contributed by atoms with Crippen molar-refractivity contribution in [3.8, 4) is 5.75 Å². The van der Waals surface area contributed by atoms with Gasteiger partial charge in [0.1, 0.15) is 5.75 Å². The van der Waals surface area contributed by atoms with Gasteiger partial charge in [-0.2, -0.15) is 0 Å². The minimum Gasteiger partial charge on any atom is -0.495 e. The summed E-state index contributed by atoms with van der Waals surface area (Å²) in [5.74, 6) is 0.311. The van der Waals surface area contributed by atoms with E-state index in [4.69, 9.17) is 27.9 Å². The zero-order valence-electron chi connectivity index (χ0n) is 11.5. The van der Waals surface area contributed by atoms with Gasteiger partial charge in [0.15, 0.2) is 5.78 Å². The molecule has 0 N–H and O–H groups in total. The van der Waals surface area contributed by atoms with Crippen LogP contribution in [-0.4, -0.2) is 12.9 Å². The predicted molar refractivity (Wildman–Crippen MR) is 82.4 cm³/mol. The van der Waals surface area contributed by atoms with E-state index in [2.05, 4.69) is 0 Å². The summed E-state index contributed by atoms with van der Waals surface area (Å²) in [6, 6.07) is 8.78. The Labute approximate surface area is 128 Å². The summed E-state index contributed by atoms with van der Waals surface area (Å²) in [5.41, 5.74) is 3.03. The lowest BCUT2D eigenvalue weighted by atomic mass is 9.97. The Balaban J connectivity index is 2.51. The number of hydrogen-bond donors (Lipinski definition) is 0. The molecule has 2 nitrogen and oxygen atoms in total. The fraction of sp³-hybridized carbons (Fsp3) is 0.188. The van der Waals surface area contributed by atoms with Crippen LogP contribution >= 0.6 is 23.2 Å². The molecule has 0 aliphatic rings. The maximum absolute atomic E-state index is 12.6. The molecule has 0 unspecified atom stereocenters. The predicted octanol–water partition coefficient (Wildman–Crippen LogP) is 4.85. The lowest BCUT2D eigenvalue weighted by Crippen LogP contribution is -2.05. The monoisotopic (exact) mass is 308 g/mol. The normalized spacial score (nSPS) is 10.4. The van der Waals surface area contributed by atoms with E-state index in [1.54, 1.807) is 12.1 Å². The Morgan fingerprint density at radius 3 is 2.30 bits per heavy atom. The molecule has 20 heavy (non-hydrogen) atoms. The van der Waals surface area contributed by atoms with Gasteiger partial charge in [0.25, 0.3) is 0 Å². The third-order valence-electron chi connectivity index (χ3n) is 3.11. The Morgan fingerprint density at radius 1 is 1.00 bits per heavy atom. The van der Waals surface area contributed by atoms with Crippen LogP contribution in [0.15, 0.2) is 30.3 Å². The molecule has 0 aliphatic heterocycles. The van der Waals surface area contributed by atoms with Gasteiger partial charge in [-0.15, -0.1) is 0 Å². The first kappa shape index (κ1) is 14.9. The van der Waals surface area contributed by atoms with Crippen LogP contribution in [0.4, 0.5) is 0 Å². The van der Waals surface area contributed by atoms with Gasteiger partial charge >= 0.3 is 0 Å². The van der Waals surface area contributed by atoms with Crippen LogP contribution in [-0.2, 0) is 0 Å². The van der Waals surface area contributed by atoms with Crippen molar-refractivity contribution in [1.82, 2.24) is 0 Å². The number of rotatable bonds is 3. The van der Waals surface area contributed by atoms with Gasteiger partial charge < -0.3 is 4.74 Å². The SMILES string of the molecule is COc1cc(Cl)c(C(=O)c2ccc(C)cc2C)cc1Cl. The number of hydrogen-bond acceptors (Lipinski definition) is 2. The van der Waals surface area contributed by atoms with Crippen LogP contribution in [0.2, 0.25) is 10.0 Å². The number of carbonyl (C=O) groups is 1. The Hall–Kier alpha value is -1.51. The largest absolute Gasteiger partial charge is 0.495 e. The van der Waals surface area contributed by atoms with Crippen LogP contribution in [0.5, 0.6) is 5.75 Å². The summed E-state index contributed by atoms with van der Waals surface area (Å²) in [5, 5.41) is 0.696. The van der Waals surface area contributed by atoms with Crippen LogP contribution in [0.3, 0.4) is 0 Å². The zero-order chi connectivity index (χ0) is 14.9. The van der Waals surface area contributed by atoms with E-state index in [-0.39, 0.29) is 5.78 Å². The molecule has 0 amide bonds. The second kappa shape index (κ2) is 5.86. The minimum absolute atomic E-state index is 0.142. The highest BCUT2D eigenvalue weighted by Crippen LogP contribution is 2.32. The fourth-order valence-electron chi connectivity index (χ4n) is 2.07. The highest BCUT2D eigenvalue weighted by atomic mass is 35.5. The van der Waals surface area contributed by atoms with Crippen molar-refractivity contribution in [2.24, 2.45) is 0 Å². The molecule has 0 atom stereocenters. The molecule has 4 heteroatoms. The number of aryl methyl sites for hydroxylation is 2. The summed E-state index contributed by atoms with van der Waals surface area (Å²) in [6.07, 6.45) is 0. The van der Waals surface area contributed by atoms with Gasteiger partial charge in [0, 0.05) is 17.2 Å². The van der Waals surface area contributed by atoms with Crippen LogP contribution < -0.4 is 4.74 Å². The number of carbonyl (C=O) groups excluding carboxylic acids is 1. The summed E-state index contributed by atoms with van der Waals surface area (Å²) in [4.78, 5) is 12.6. The second-order valence-corrected chi connectivity index (χ2v) is 5.43. The quantitative estimate of drug-likeness (QED) is 0.758. The first-order valence-corrected chi connectivity index (χ1v) is 6.84. The number of ketones is 1. The molecule has 0 fully saturated rings. The molecule has 2 aromatic rings. The molecule has 0 saturated carbocycles. The topological polar surface area (TPSA) is 26.3 Å². The second-order valence-electron chi connectivity index (χ2n) is 4.61. The molecule has 0 bridgehead atoms. The lowest BCUT2D eigenvalue weighted by molar-refractivity contribution is 0.103. The zero-order valence-corrected chi connectivity index (χ0v) is 13.0. The molecule has 0 aliphatic carbocycles. The number of ether oxygens (including phenoxy) is 1. The van der Waals surface area contributed by atoms with Gasteiger partial charge in [0.05, 0.1) is 17.2 Å². The van der Waals surface area contributed by atoms with Gasteiger partial charge in [-0.05, 0) is 25.5 Å². The fourth-order valence-corrected chi connectivity index (χ4v) is 2.55. The van der Waals surface area contributed by atoms with Crippen molar-refractivity contribution in [2.75, 3.05) is 7.11 Å². The molecule has 2 aromatic carbocycles. The summed E-state index contributed by atoms with van der Waals surface area (Å²) >= 11 is 12.2. The standard InChI is InChI=1S/C16H14Cl2O2/c1-9-4-5-11(10(2)6-9)16(19)12-7-14(18)15(20-3)8-13(12)17/h4-8H,1-3H3. The maximum Gasteiger partial charge on any atom is 0.194 e. The van der Waals surface area contributed by atoms with Crippen molar-refractivity contribution in [3.63, 3.8) is 0 Å². The lowest BCUT2D eigenvalue weighted by Gasteiger charge is -2.10. The van der Waals surface area contributed by atoms with E-state index in [9.17, 15) is 4.79 Å². The van der Waals surface area contributed by atoms with E-state index >= 15 is 0 Å². The first-order chi connectivity index (χ1) is 9.43. The summed E-state index contributed by atoms with van der Waals surface area (Å²) in [7, 11) is 1.50. The molecule has 0 aromatic heterocycles. The van der Waals surface area contributed by atoms with Gasteiger partial charge in [0.2, 0.25) is 0 Å². The molecular weight excluding hydrogens is 295 g/mol. The van der Waals surface area contributed by atoms with Crippen molar-refractivity contribution < 1.29 is 9.53 Å². The van der Waals surface area contributed by atoms with Crippen LogP contribution in [0, 0.1) is 13.8 Å². The Kier molecular flexibility index (Phi) is 4.36. The van der Waals surface area contributed by atoms with Crippen molar-refractivity contribution in [1.29, 1.82) is 0 Å². The van der Waals surface area contributed by atoms with Crippen molar-refractivity contribution in [2.45, 2.75) is 13.8 Å². The van der Waals surface area contributed by atoms with Crippen molar-refractivity contribution >= 4 is 29.0 Å². The minimum atomic E-state index is -0.142. The molecule has 104 valence electrons. The van der Waals surface area contributed by atoms with E-state index in [0.717, 1.165) is 11.1 Å². The third kappa shape index (κ3) is 2.82. The van der Waals surface area contributed by atoms with Crippen LogP contribution in [0.1, 0.15) is 27.0 Å². The maximum atomic E-state index is 12.6. The Bertz CT molecular complexity index is 678. The number of halogens is 2. The van der Waals surface area contributed by atoms with Gasteiger partial charge in [-0.3, -0.25) is 4.79 Å². The smallest absolute Gasteiger partial charge is 0.194 e. The van der Waals surface area contributed by atoms with Gasteiger partial charge in [-0.25, -0.2) is 0 Å². The number of methoxy groups -OCH3 is 1. The highest BCUT2D eigenvalue weighted by molar-refractivity contribution is 6.37. The van der Waals surface area contributed by atoms with Gasteiger partial charge in [-0.1, -0.05) is 47.0 Å². The summed E-state index contributed by atoms with van der Waals surface area (Å²) < 4.78 is 5.08. The average molecular weight is 309 g/mol. The van der Waals surface area contributed by atoms with E-state index < -0.39 is 0 Å². The summed E-state index contributed by atoms with van der Waals surface area (Å²) in [6.45, 7) is 3.89. The molecule has 0 saturated heterocycles. The van der Waals surface area contributed by atoms with E-state index in [1.807, 2.05) is 32.0 Å². The molecular formula is C16H14Cl2O2. The van der Waals surface area contributed by atoms with E-state index in [0.29, 0.717) is 26.9 Å². The molecule has 0 heterocycles. The molecule has 0 radical (unpaired) electrons. The average Bonchev–Trinajstić information content (AvgIpc) is 2.40.